The molecule has 4 nitrogen and oxygen atoms in total. The van der Waals surface area contributed by atoms with Gasteiger partial charge >= 0.3 is 6.03 Å². The Bertz CT molecular complexity index is 602. The van der Waals surface area contributed by atoms with Gasteiger partial charge in [0, 0.05) is 16.7 Å². The van der Waals surface area contributed by atoms with Crippen molar-refractivity contribution < 1.29 is 9.53 Å². The molecule has 2 N–H and O–H groups in total. The molecule has 0 aliphatic heterocycles. The van der Waals surface area contributed by atoms with E-state index >= 15 is 0 Å². The van der Waals surface area contributed by atoms with E-state index in [0.29, 0.717) is 6.54 Å². The molecule has 0 aliphatic rings. The zero-order valence-corrected chi connectivity index (χ0v) is 12.6. The average Bonchev–Trinajstić information content (AvgIpc) is 2.45. The standard InChI is InChI=1S/C15H15BrN2O2/c1-20-14-7-2-4-11(8-14)10-17-15(19)18-13-6-3-5-12(16)9-13/h2-9H,10H2,1H3,(H2,17,18,19). The smallest absolute Gasteiger partial charge is 0.319 e. The minimum atomic E-state index is -0.245. The Labute approximate surface area is 126 Å². The SMILES string of the molecule is COc1cccc(CNC(=O)Nc2cccc(Br)c2)c1. The summed E-state index contributed by atoms with van der Waals surface area (Å²) in [7, 11) is 1.62. The van der Waals surface area contributed by atoms with Crippen molar-refractivity contribution in [2.24, 2.45) is 0 Å². The van der Waals surface area contributed by atoms with Gasteiger partial charge in [-0.3, -0.25) is 0 Å². The number of methoxy groups -OCH3 is 1. The van der Waals surface area contributed by atoms with Crippen LogP contribution in [0, 0.1) is 0 Å². The van der Waals surface area contributed by atoms with Crippen molar-refractivity contribution in [2.75, 3.05) is 12.4 Å². The summed E-state index contributed by atoms with van der Waals surface area (Å²) >= 11 is 3.36. The van der Waals surface area contributed by atoms with E-state index in [1.165, 1.54) is 0 Å². The summed E-state index contributed by atoms with van der Waals surface area (Å²) in [5, 5.41) is 5.57. The third-order valence-corrected chi connectivity index (χ3v) is 3.16. The maximum Gasteiger partial charge on any atom is 0.319 e. The minimum Gasteiger partial charge on any atom is -0.497 e. The molecule has 0 heterocycles. The Morgan fingerprint density at radius 2 is 2.00 bits per heavy atom. The Hall–Kier alpha value is -2.01. The molecule has 0 atom stereocenters. The number of nitrogens with one attached hydrogen (secondary N) is 2. The lowest BCUT2D eigenvalue weighted by atomic mass is 10.2. The zero-order chi connectivity index (χ0) is 14.4. The Kier molecular flexibility index (Phi) is 5.01. The molecule has 2 amide bonds. The number of carbonyl (C=O) groups is 1. The molecule has 0 saturated heterocycles. The number of rotatable bonds is 4. The molecule has 0 aromatic heterocycles. The predicted molar refractivity (Wildman–Crippen MR) is 83.0 cm³/mol. The highest BCUT2D eigenvalue weighted by Gasteiger charge is 2.02. The second kappa shape index (κ2) is 6.96. The van der Waals surface area contributed by atoms with Crippen molar-refractivity contribution in [3.8, 4) is 5.75 Å². The van der Waals surface area contributed by atoms with Gasteiger partial charge in [0.2, 0.25) is 0 Å². The van der Waals surface area contributed by atoms with Crippen molar-refractivity contribution in [1.29, 1.82) is 0 Å². The number of carbonyl (C=O) groups excluding carboxylic acids is 1. The Morgan fingerprint density at radius 3 is 2.75 bits per heavy atom. The zero-order valence-electron chi connectivity index (χ0n) is 11.0. The highest BCUT2D eigenvalue weighted by molar-refractivity contribution is 9.10. The molecule has 104 valence electrons. The molecule has 2 aromatic rings. The molecular formula is C15H15BrN2O2. The van der Waals surface area contributed by atoms with Gasteiger partial charge in [-0.25, -0.2) is 4.79 Å². The highest BCUT2D eigenvalue weighted by atomic mass is 79.9. The Balaban J connectivity index is 1.88. The number of hydrogen-bond acceptors (Lipinski definition) is 2. The fourth-order valence-electron chi connectivity index (χ4n) is 1.71. The van der Waals surface area contributed by atoms with E-state index in [-0.39, 0.29) is 6.03 Å². The van der Waals surface area contributed by atoms with Gasteiger partial charge in [-0.15, -0.1) is 0 Å². The first kappa shape index (κ1) is 14.4. The molecule has 0 aliphatic carbocycles. The summed E-state index contributed by atoms with van der Waals surface area (Å²) in [6.07, 6.45) is 0. The van der Waals surface area contributed by atoms with Crippen LogP contribution in [0.1, 0.15) is 5.56 Å². The first-order valence-electron chi connectivity index (χ1n) is 6.11. The van der Waals surface area contributed by atoms with Crippen molar-refractivity contribution in [1.82, 2.24) is 5.32 Å². The van der Waals surface area contributed by atoms with Crippen molar-refractivity contribution in [2.45, 2.75) is 6.54 Å². The van der Waals surface area contributed by atoms with E-state index in [1.54, 1.807) is 7.11 Å². The first-order chi connectivity index (χ1) is 9.67. The number of ether oxygens (including phenoxy) is 1. The van der Waals surface area contributed by atoms with Gasteiger partial charge in [0.25, 0.3) is 0 Å². The molecule has 0 bridgehead atoms. The molecule has 0 fully saturated rings. The number of hydrogen-bond donors (Lipinski definition) is 2. The van der Waals surface area contributed by atoms with Crippen molar-refractivity contribution >= 4 is 27.6 Å². The number of amides is 2. The van der Waals surface area contributed by atoms with Gasteiger partial charge in [0.05, 0.1) is 7.11 Å². The highest BCUT2D eigenvalue weighted by Crippen LogP contribution is 2.15. The van der Waals surface area contributed by atoms with Crippen LogP contribution in [0.3, 0.4) is 0 Å². The number of halogens is 1. The molecule has 2 rings (SSSR count). The maximum absolute atomic E-state index is 11.8. The molecule has 0 unspecified atom stereocenters. The molecule has 20 heavy (non-hydrogen) atoms. The fraction of sp³-hybridized carbons (Fsp3) is 0.133. The monoisotopic (exact) mass is 334 g/mol. The second-order valence-corrected chi connectivity index (χ2v) is 5.09. The van der Waals surface area contributed by atoms with Crippen LogP contribution in [0.15, 0.2) is 53.0 Å². The van der Waals surface area contributed by atoms with E-state index in [0.717, 1.165) is 21.5 Å². The normalized spacial score (nSPS) is 9.90. The minimum absolute atomic E-state index is 0.245. The van der Waals surface area contributed by atoms with Crippen LogP contribution >= 0.6 is 15.9 Å². The third-order valence-electron chi connectivity index (χ3n) is 2.67. The van der Waals surface area contributed by atoms with Crippen LogP contribution in [-0.4, -0.2) is 13.1 Å². The van der Waals surface area contributed by atoms with Gasteiger partial charge in [-0.1, -0.05) is 34.1 Å². The second-order valence-electron chi connectivity index (χ2n) is 4.17. The van der Waals surface area contributed by atoms with Crippen molar-refractivity contribution in [3.05, 3.63) is 58.6 Å². The largest absolute Gasteiger partial charge is 0.497 e. The van der Waals surface area contributed by atoms with Gasteiger partial charge in [0.1, 0.15) is 5.75 Å². The van der Waals surface area contributed by atoms with E-state index in [4.69, 9.17) is 4.74 Å². The summed E-state index contributed by atoms with van der Waals surface area (Å²) < 4.78 is 6.06. The number of anilines is 1. The van der Waals surface area contributed by atoms with Crippen LogP contribution < -0.4 is 15.4 Å². The molecular weight excluding hydrogens is 320 g/mol. The average molecular weight is 335 g/mol. The summed E-state index contributed by atoms with van der Waals surface area (Å²) in [4.78, 5) is 11.8. The lowest BCUT2D eigenvalue weighted by Crippen LogP contribution is -2.28. The lowest BCUT2D eigenvalue weighted by molar-refractivity contribution is 0.251. The molecule has 5 heteroatoms. The van der Waals surface area contributed by atoms with E-state index < -0.39 is 0 Å². The topological polar surface area (TPSA) is 50.4 Å². The van der Waals surface area contributed by atoms with Crippen LogP contribution in [0.5, 0.6) is 5.75 Å². The summed E-state index contributed by atoms with van der Waals surface area (Å²) in [5.74, 6) is 0.775. The van der Waals surface area contributed by atoms with Crippen molar-refractivity contribution in [3.63, 3.8) is 0 Å². The van der Waals surface area contributed by atoms with Crippen LogP contribution in [0.4, 0.5) is 10.5 Å². The van der Waals surface area contributed by atoms with Gasteiger partial charge < -0.3 is 15.4 Å². The van der Waals surface area contributed by atoms with Gasteiger partial charge in [-0.2, -0.15) is 0 Å². The maximum atomic E-state index is 11.8. The van der Waals surface area contributed by atoms with Crippen LogP contribution in [0.2, 0.25) is 0 Å². The predicted octanol–water partition coefficient (Wildman–Crippen LogP) is 3.78. The molecule has 0 radical (unpaired) electrons. The molecule has 0 spiro atoms. The Morgan fingerprint density at radius 1 is 1.20 bits per heavy atom. The fourth-order valence-corrected chi connectivity index (χ4v) is 2.11. The van der Waals surface area contributed by atoms with Crippen LogP contribution in [-0.2, 0) is 6.54 Å². The molecule has 0 saturated carbocycles. The van der Waals surface area contributed by atoms with Crippen LogP contribution in [0.25, 0.3) is 0 Å². The quantitative estimate of drug-likeness (QED) is 0.893. The van der Waals surface area contributed by atoms with Gasteiger partial charge in [0.15, 0.2) is 0 Å². The van der Waals surface area contributed by atoms with E-state index in [1.807, 2.05) is 48.5 Å². The first-order valence-corrected chi connectivity index (χ1v) is 6.90. The third kappa shape index (κ3) is 4.28. The summed E-state index contributed by atoms with van der Waals surface area (Å²) in [6, 6.07) is 14.8. The number of urea groups is 1. The number of benzene rings is 2. The molecule has 2 aromatic carbocycles. The van der Waals surface area contributed by atoms with E-state index in [2.05, 4.69) is 26.6 Å². The summed E-state index contributed by atoms with van der Waals surface area (Å²) in [6.45, 7) is 0.442. The van der Waals surface area contributed by atoms with E-state index in [9.17, 15) is 4.79 Å². The van der Waals surface area contributed by atoms with Gasteiger partial charge in [-0.05, 0) is 35.9 Å². The lowest BCUT2D eigenvalue weighted by Gasteiger charge is -2.09. The summed E-state index contributed by atoms with van der Waals surface area (Å²) in [5.41, 5.74) is 1.72.